The van der Waals surface area contributed by atoms with Gasteiger partial charge in [-0.25, -0.2) is 9.59 Å². The van der Waals surface area contributed by atoms with Crippen LogP contribution in [0.4, 0.5) is 4.79 Å². The predicted molar refractivity (Wildman–Crippen MR) is 59.6 cm³/mol. The van der Waals surface area contributed by atoms with Crippen molar-refractivity contribution in [2.45, 2.75) is 44.4 Å². The average molecular weight is 242 g/mol. The first kappa shape index (κ1) is 12.2. The van der Waals surface area contributed by atoms with Gasteiger partial charge in [-0.3, -0.25) is 0 Å². The molecule has 2 rings (SSSR count). The molecule has 0 radical (unpaired) electrons. The number of aliphatic hydroxyl groups excluding tert-OH is 1. The van der Waals surface area contributed by atoms with E-state index in [4.69, 9.17) is 5.11 Å². The van der Waals surface area contributed by atoms with Crippen molar-refractivity contribution in [1.82, 2.24) is 9.80 Å². The van der Waals surface area contributed by atoms with Gasteiger partial charge in [-0.1, -0.05) is 0 Å². The molecule has 2 saturated heterocycles. The Morgan fingerprint density at radius 2 is 2.00 bits per heavy atom. The van der Waals surface area contributed by atoms with Gasteiger partial charge in [-0.15, -0.1) is 0 Å². The van der Waals surface area contributed by atoms with Gasteiger partial charge in [-0.05, 0) is 19.8 Å². The normalized spacial score (nSPS) is 33.2. The number of carboxylic acids is 1. The molecule has 1 unspecified atom stereocenters. The van der Waals surface area contributed by atoms with Crippen LogP contribution in [0, 0.1) is 0 Å². The Hall–Kier alpha value is -1.30. The number of β-amino-alcohol motifs (C(OH)–C–C–N with tert-alkyl or cyclic N) is 1. The summed E-state index contributed by atoms with van der Waals surface area (Å²) in [7, 11) is 0. The summed E-state index contributed by atoms with van der Waals surface area (Å²) in [6, 6.07) is -0.973. The van der Waals surface area contributed by atoms with Crippen LogP contribution in [-0.4, -0.2) is 63.3 Å². The van der Waals surface area contributed by atoms with Crippen LogP contribution in [0.15, 0.2) is 0 Å². The van der Waals surface area contributed by atoms with Gasteiger partial charge < -0.3 is 20.0 Å². The number of urea groups is 1. The molecule has 2 heterocycles. The third-order valence-electron chi connectivity index (χ3n) is 3.61. The molecule has 2 aliphatic heterocycles. The Kier molecular flexibility index (Phi) is 3.24. The number of hydrogen-bond acceptors (Lipinski definition) is 3. The van der Waals surface area contributed by atoms with Gasteiger partial charge in [0.25, 0.3) is 0 Å². The molecule has 2 aliphatic rings. The van der Waals surface area contributed by atoms with Crippen molar-refractivity contribution >= 4 is 12.0 Å². The number of aliphatic hydroxyl groups is 1. The largest absolute Gasteiger partial charge is 0.480 e. The molecule has 6 heteroatoms. The lowest BCUT2D eigenvalue weighted by Gasteiger charge is -2.29. The first-order valence-electron chi connectivity index (χ1n) is 5.99. The second-order valence-electron chi connectivity index (χ2n) is 4.86. The second-order valence-corrected chi connectivity index (χ2v) is 4.86. The smallest absolute Gasteiger partial charge is 0.326 e. The molecule has 2 amide bonds. The predicted octanol–water partition coefficient (Wildman–Crippen LogP) is 0.110. The van der Waals surface area contributed by atoms with Crippen LogP contribution < -0.4 is 0 Å². The van der Waals surface area contributed by atoms with Crippen molar-refractivity contribution in [3.8, 4) is 0 Å². The van der Waals surface area contributed by atoms with Crippen molar-refractivity contribution in [3.63, 3.8) is 0 Å². The molecular formula is C11H18N2O4. The number of aliphatic carboxylic acids is 1. The van der Waals surface area contributed by atoms with Crippen LogP contribution in [0.5, 0.6) is 0 Å². The minimum Gasteiger partial charge on any atom is -0.480 e. The van der Waals surface area contributed by atoms with E-state index in [1.807, 2.05) is 6.92 Å². The second kappa shape index (κ2) is 4.52. The molecular weight excluding hydrogens is 224 g/mol. The summed E-state index contributed by atoms with van der Waals surface area (Å²) in [6.07, 6.45) is 1.32. The molecule has 0 saturated carbocycles. The molecule has 0 aromatic carbocycles. The maximum atomic E-state index is 12.2. The number of hydrogen-bond donors (Lipinski definition) is 2. The molecule has 2 fully saturated rings. The fourth-order valence-electron chi connectivity index (χ4n) is 2.64. The monoisotopic (exact) mass is 242 g/mol. The summed E-state index contributed by atoms with van der Waals surface area (Å²) in [4.78, 5) is 26.2. The number of nitrogens with zero attached hydrogens (tertiary/aromatic N) is 2. The first-order valence-corrected chi connectivity index (χ1v) is 5.99. The maximum Gasteiger partial charge on any atom is 0.326 e. The average Bonchev–Trinajstić information content (AvgIpc) is 2.83. The molecule has 0 spiro atoms. The lowest BCUT2D eigenvalue weighted by atomic mass is 10.2. The third kappa shape index (κ3) is 2.22. The fraction of sp³-hybridized carbons (Fsp3) is 0.818. The quantitative estimate of drug-likeness (QED) is 0.684. The van der Waals surface area contributed by atoms with E-state index in [-0.39, 0.29) is 25.0 Å². The van der Waals surface area contributed by atoms with Gasteiger partial charge in [-0.2, -0.15) is 0 Å². The van der Waals surface area contributed by atoms with Crippen LogP contribution in [0.2, 0.25) is 0 Å². The van der Waals surface area contributed by atoms with Crippen molar-refractivity contribution in [2.75, 3.05) is 13.1 Å². The summed E-state index contributed by atoms with van der Waals surface area (Å²) < 4.78 is 0. The molecule has 3 atom stereocenters. The lowest BCUT2D eigenvalue weighted by Crippen LogP contribution is -2.49. The van der Waals surface area contributed by atoms with Crippen LogP contribution in [0.3, 0.4) is 0 Å². The van der Waals surface area contributed by atoms with Gasteiger partial charge in [0.15, 0.2) is 0 Å². The third-order valence-corrected chi connectivity index (χ3v) is 3.61. The standard InChI is InChI=1S/C11H18N2O4/c1-7-3-2-4-12(7)11(17)13-6-8(14)5-9(13)10(15)16/h7-9,14H,2-6H2,1H3,(H,15,16)/t7?,8-,9-/m0/s1. The molecule has 96 valence electrons. The Morgan fingerprint density at radius 3 is 2.53 bits per heavy atom. The van der Waals surface area contributed by atoms with E-state index in [9.17, 15) is 14.7 Å². The van der Waals surface area contributed by atoms with E-state index in [1.54, 1.807) is 4.90 Å². The molecule has 6 nitrogen and oxygen atoms in total. The highest BCUT2D eigenvalue weighted by atomic mass is 16.4. The van der Waals surface area contributed by atoms with Crippen LogP contribution in [0.25, 0.3) is 0 Å². The van der Waals surface area contributed by atoms with Gasteiger partial charge >= 0.3 is 12.0 Å². The number of carboxylic acid groups (broad SMARTS) is 1. The van der Waals surface area contributed by atoms with Gasteiger partial charge in [0.1, 0.15) is 6.04 Å². The van der Waals surface area contributed by atoms with Gasteiger partial charge in [0.05, 0.1) is 6.10 Å². The summed E-state index contributed by atoms with van der Waals surface area (Å²) in [5.74, 6) is -1.04. The Morgan fingerprint density at radius 1 is 1.29 bits per heavy atom. The van der Waals surface area contributed by atoms with Crippen molar-refractivity contribution in [2.24, 2.45) is 0 Å². The first-order chi connectivity index (χ1) is 8.00. The SMILES string of the molecule is CC1CCCN1C(=O)N1C[C@@H](O)C[C@H]1C(=O)O. The van der Waals surface area contributed by atoms with Crippen LogP contribution in [-0.2, 0) is 4.79 Å². The van der Waals surface area contributed by atoms with Crippen LogP contribution >= 0.6 is 0 Å². The highest BCUT2D eigenvalue weighted by Crippen LogP contribution is 2.24. The fourth-order valence-corrected chi connectivity index (χ4v) is 2.64. The molecule has 0 bridgehead atoms. The van der Waals surface area contributed by atoms with E-state index in [2.05, 4.69) is 0 Å². The van der Waals surface area contributed by atoms with Crippen molar-refractivity contribution < 1.29 is 19.8 Å². The Labute approximate surface area is 99.8 Å². The minimum absolute atomic E-state index is 0.124. The summed E-state index contributed by atoms with van der Waals surface area (Å²) in [5, 5.41) is 18.5. The van der Waals surface area contributed by atoms with E-state index >= 15 is 0 Å². The minimum atomic E-state index is -1.04. The summed E-state index contributed by atoms with van der Waals surface area (Å²) >= 11 is 0. The van der Waals surface area contributed by atoms with Crippen molar-refractivity contribution in [1.29, 1.82) is 0 Å². The molecule has 0 aromatic rings. The van der Waals surface area contributed by atoms with E-state index in [0.717, 1.165) is 12.8 Å². The zero-order valence-electron chi connectivity index (χ0n) is 9.87. The summed E-state index contributed by atoms with van der Waals surface area (Å²) in [6.45, 7) is 2.77. The zero-order valence-corrected chi connectivity index (χ0v) is 9.87. The zero-order chi connectivity index (χ0) is 12.6. The van der Waals surface area contributed by atoms with E-state index in [1.165, 1.54) is 4.90 Å². The number of carbonyl (C=O) groups excluding carboxylic acids is 1. The molecule has 17 heavy (non-hydrogen) atoms. The number of rotatable bonds is 1. The topological polar surface area (TPSA) is 81.1 Å². The lowest BCUT2D eigenvalue weighted by molar-refractivity contribution is -0.141. The summed E-state index contributed by atoms with van der Waals surface area (Å²) in [5.41, 5.74) is 0. The van der Waals surface area contributed by atoms with Crippen LogP contribution in [0.1, 0.15) is 26.2 Å². The molecule has 2 N–H and O–H groups in total. The Bertz CT molecular complexity index is 333. The van der Waals surface area contributed by atoms with Gasteiger partial charge in [0, 0.05) is 25.6 Å². The van der Waals surface area contributed by atoms with Gasteiger partial charge in [0.2, 0.25) is 0 Å². The number of carbonyl (C=O) groups is 2. The molecule has 0 aliphatic carbocycles. The maximum absolute atomic E-state index is 12.2. The highest BCUT2D eigenvalue weighted by molar-refractivity contribution is 5.83. The number of likely N-dealkylation sites (tertiary alicyclic amines) is 2. The van der Waals surface area contributed by atoms with Crippen molar-refractivity contribution in [3.05, 3.63) is 0 Å². The van der Waals surface area contributed by atoms with E-state index < -0.39 is 18.1 Å². The highest BCUT2D eigenvalue weighted by Gasteiger charge is 2.42. The van der Waals surface area contributed by atoms with E-state index in [0.29, 0.717) is 6.54 Å². The Balaban J connectivity index is 2.10. The molecule has 0 aromatic heterocycles. The number of amides is 2.